The van der Waals surface area contributed by atoms with E-state index in [-0.39, 0.29) is 36.8 Å². The van der Waals surface area contributed by atoms with Crippen LogP contribution in [0.25, 0.3) is 10.9 Å². The second kappa shape index (κ2) is 18.8. The first-order valence-electron chi connectivity index (χ1n) is 14.4. The molecular weight excluding hydrogens is 550 g/mol. The van der Waals surface area contributed by atoms with E-state index in [0.29, 0.717) is 29.1 Å². The normalized spacial score (nSPS) is 12.6. The van der Waals surface area contributed by atoms with Crippen molar-refractivity contribution < 1.29 is 9.13 Å². The summed E-state index contributed by atoms with van der Waals surface area (Å²) in [5.41, 5.74) is 0.778. The predicted molar refractivity (Wildman–Crippen MR) is 174 cm³/mol. The summed E-state index contributed by atoms with van der Waals surface area (Å²) >= 11 is 1.29. The van der Waals surface area contributed by atoms with E-state index in [1.165, 1.54) is 24.3 Å². The van der Waals surface area contributed by atoms with Gasteiger partial charge in [0.2, 0.25) is 0 Å². The van der Waals surface area contributed by atoms with Crippen LogP contribution < -0.4 is 15.0 Å². The van der Waals surface area contributed by atoms with Gasteiger partial charge in [-0.05, 0) is 49.7 Å². The Morgan fingerprint density at radius 2 is 1.88 bits per heavy atom. The summed E-state index contributed by atoms with van der Waals surface area (Å²) < 4.78 is 27.1. The Morgan fingerprint density at radius 3 is 2.50 bits per heavy atom. The molecular formula is C31H44BFN6O2S. The minimum atomic E-state index is -0.675. The SMILES string of the molecule is C.CC.CC.CCN(C)SNc1ccc(F)c(Oc2ccc3ncn(CCC4CCB(C#N)CC4)c(=O)c3c2)c1C#N. The summed E-state index contributed by atoms with van der Waals surface area (Å²) in [6.07, 6.45) is 6.24. The van der Waals surface area contributed by atoms with Gasteiger partial charge >= 0.3 is 0 Å². The Balaban J connectivity index is 0.00000169. The second-order valence-electron chi connectivity index (χ2n) is 9.21. The zero-order chi connectivity index (χ0) is 30.4. The Labute approximate surface area is 255 Å². The fraction of sp³-hybridized carbons (Fsp3) is 0.484. The Hall–Kier alpha value is -3.54. The number of aryl methyl sites for hydroxylation is 1. The highest BCUT2D eigenvalue weighted by molar-refractivity contribution is 7.98. The van der Waals surface area contributed by atoms with Crippen LogP contribution in [0, 0.1) is 34.3 Å². The highest BCUT2D eigenvalue weighted by Crippen LogP contribution is 2.35. The number of hydrogen-bond acceptors (Lipinski definition) is 8. The van der Waals surface area contributed by atoms with Crippen molar-refractivity contribution in [3.8, 4) is 23.5 Å². The molecule has 1 fully saturated rings. The van der Waals surface area contributed by atoms with Gasteiger partial charge in [0, 0.05) is 31.2 Å². The van der Waals surface area contributed by atoms with Gasteiger partial charge in [-0.1, -0.05) is 67.5 Å². The fourth-order valence-electron chi connectivity index (χ4n) is 4.43. The van der Waals surface area contributed by atoms with Crippen molar-refractivity contribution in [3.05, 3.63) is 58.4 Å². The van der Waals surface area contributed by atoms with Gasteiger partial charge in [-0.3, -0.25) is 9.36 Å². The first-order chi connectivity index (χ1) is 19.9. The summed E-state index contributed by atoms with van der Waals surface area (Å²) in [5.74, 6) is 2.20. The molecule has 1 saturated heterocycles. The Morgan fingerprint density at radius 1 is 1.19 bits per heavy atom. The number of nitriles is 2. The zero-order valence-corrected chi connectivity index (χ0v) is 25.7. The van der Waals surface area contributed by atoms with E-state index in [9.17, 15) is 14.4 Å². The first kappa shape index (κ1) is 36.5. The largest absolute Gasteiger partial charge is 0.453 e. The van der Waals surface area contributed by atoms with Crippen LogP contribution in [0.1, 0.15) is 66.9 Å². The second-order valence-corrected chi connectivity index (χ2v) is 10.2. The molecule has 8 nitrogen and oxygen atoms in total. The molecule has 1 N–H and O–H groups in total. The van der Waals surface area contributed by atoms with E-state index in [2.05, 4.69) is 15.7 Å². The van der Waals surface area contributed by atoms with Crippen molar-refractivity contribution in [1.82, 2.24) is 13.9 Å². The smallest absolute Gasteiger partial charge is 0.267 e. The predicted octanol–water partition coefficient (Wildman–Crippen LogP) is 8.17. The molecule has 1 aromatic heterocycles. The molecule has 42 heavy (non-hydrogen) atoms. The Bertz CT molecular complexity index is 1410. The summed E-state index contributed by atoms with van der Waals surface area (Å²) in [7, 11) is 1.89. The quantitative estimate of drug-likeness (QED) is 0.195. The number of rotatable bonds is 9. The third kappa shape index (κ3) is 9.50. The van der Waals surface area contributed by atoms with Gasteiger partial charge in [0.15, 0.2) is 11.6 Å². The lowest BCUT2D eigenvalue weighted by molar-refractivity contribution is 0.404. The maximum Gasteiger partial charge on any atom is 0.267 e. The van der Waals surface area contributed by atoms with Crippen molar-refractivity contribution in [2.24, 2.45) is 5.92 Å². The third-order valence-electron chi connectivity index (χ3n) is 6.80. The van der Waals surface area contributed by atoms with Crippen LogP contribution >= 0.6 is 12.1 Å². The maximum atomic E-state index is 14.7. The summed E-state index contributed by atoms with van der Waals surface area (Å²) in [4.78, 5) is 17.6. The van der Waals surface area contributed by atoms with Gasteiger partial charge < -0.3 is 9.46 Å². The molecule has 1 aliphatic heterocycles. The van der Waals surface area contributed by atoms with Crippen molar-refractivity contribution in [2.45, 2.75) is 80.5 Å². The van der Waals surface area contributed by atoms with Gasteiger partial charge in [-0.15, -0.1) is 0 Å². The van der Waals surface area contributed by atoms with Gasteiger partial charge in [0.05, 0.1) is 22.9 Å². The van der Waals surface area contributed by atoms with Crippen molar-refractivity contribution in [3.63, 3.8) is 0 Å². The molecule has 0 aliphatic carbocycles. The van der Waals surface area contributed by atoms with Crippen molar-refractivity contribution >= 4 is 35.4 Å². The molecule has 0 saturated carbocycles. The Kier molecular flexibility index (Phi) is 16.3. The van der Waals surface area contributed by atoms with Crippen LogP contribution in [-0.2, 0) is 6.54 Å². The summed E-state index contributed by atoms with van der Waals surface area (Å²) in [5, 5.41) is 19.2. The topological polar surface area (TPSA) is 107 Å². The van der Waals surface area contributed by atoms with Crippen LogP contribution in [0.5, 0.6) is 11.5 Å². The highest BCUT2D eigenvalue weighted by atomic mass is 32.2. The lowest BCUT2D eigenvalue weighted by atomic mass is 9.41. The van der Waals surface area contributed by atoms with Crippen LogP contribution in [0.2, 0.25) is 12.6 Å². The molecule has 0 atom stereocenters. The van der Waals surface area contributed by atoms with Gasteiger partial charge in [0.25, 0.3) is 12.3 Å². The molecule has 0 radical (unpaired) electrons. The maximum absolute atomic E-state index is 14.7. The van der Waals surface area contributed by atoms with Crippen LogP contribution in [0.15, 0.2) is 41.5 Å². The van der Waals surface area contributed by atoms with E-state index in [1.54, 1.807) is 29.1 Å². The van der Waals surface area contributed by atoms with E-state index in [1.807, 2.05) is 52.0 Å². The number of anilines is 1. The molecule has 2 heterocycles. The number of ether oxygens (including phenoxy) is 1. The van der Waals surface area contributed by atoms with E-state index in [0.717, 1.165) is 38.4 Å². The minimum absolute atomic E-state index is 0. The van der Waals surface area contributed by atoms with Crippen molar-refractivity contribution in [1.29, 1.82) is 10.5 Å². The van der Waals surface area contributed by atoms with E-state index in [4.69, 9.17) is 10.00 Å². The third-order valence-corrected chi connectivity index (χ3v) is 7.68. The highest BCUT2D eigenvalue weighted by Gasteiger charge is 2.24. The molecule has 2 aromatic carbocycles. The number of halogens is 1. The van der Waals surface area contributed by atoms with Gasteiger partial charge in [0.1, 0.15) is 17.4 Å². The molecule has 11 heteroatoms. The van der Waals surface area contributed by atoms with Gasteiger partial charge in [-0.25, -0.2) is 18.9 Å². The van der Waals surface area contributed by atoms with Crippen molar-refractivity contribution in [2.75, 3.05) is 18.3 Å². The molecule has 4 rings (SSSR count). The molecule has 0 unspecified atom stereocenters. The minimum Gasteiger partial charge on any atom is -0.453 e. The average Bonchev–Trinajstić information content (AvgIpc) is 3.03. The van der Waals surface area contributed by atoms with Crippen LogP contribution in [0.3, 0.4) is 0 Å². The lowest BCUT2D eigenvalue weighted by Crippen LogP contribution is -2.24. The molecule has 0 bridgehead atoms. The standard InChI is InChI=1S/C26H28BFN6O2S.2C2H6.CH4/c1-3-33(2)37-32-24-7-5-22(28)25(21(24)15-29)36-19-4-6-23-20(14-19)26(35)34(17-31-23)13-10-18-8-11-27(16-30)12-9-18;2*1-2;/h4-7,14,17-18,32H,3,8-13H2,1-2H3;2*1-2H3;1H4. The van der Waals surface area contributed by atoms with E-state index >= 15 is 0 Å². The number of fused-ring (bicyclic) bond motifs is 1. The number of nitrogens with one attached hydrogen (secondary N) is 1. The lowest BCUT2D eigenvalue weighted by Gasteiger charge is -2.23. The molecule has 3 aromatic rings. The number of benzene rings is 2. The zero-order valence-electron chi connectivity index (χ0n) is 24.9. The number of nitrogens with zero attached hydrogens (tertiary/aromatic N) is 5. The molecule has 0 spiro atoms. The summed E-state index contributed by atoms with van der Waals surface area (Å²) in [6.45, 7) is 11.5. The molecule has 0 amide bonds. The number of aromatic nitrogens is 2. The van der Waals surface area contributed by atoms with Crippen LogP contribution in [0.4, 0.5) is 10.1 Å². The monoisotopic (exact) mass is 594 g/mol. The summed E-state index contributed by atoms with van der Waals surface area (Å²) in [6, 6.07) is 9.55. The fourth-order valence-corrected chi connectivity index (χ4v) is 4.98. The van der Waals surface area contributed by atoms with E-state index < -0.39 is 5.82 Å². The van der Waals surface area contributed by atoms with Crippen LogP contribution in [-0.4, -0.2) is 34.2 Å². The number of hydrogen-bond donors (Lipinski definition) is 1. The average molecular weight is 595 g/mol. The molecule has 226 valence electrons. The first-order valence-corrected chi connectivity index (χ1v) is 15.1. The molecule has 1 aliphatic rings. The van der Waals surface area contributed by atoms with Gasteiger partial charge in [-0.2, -0.15) is 5.26 Å².